The zero-order chi connectivity index (χ0) is 21.3. The lowest BCUT2D eigenvalue weighted by atomic mass is 10.0. The number of alkyl halides is 1. The Morgan fingerprint density at radius 2 is 1.48 bits per heavy atom. The second-order valence-corrected chi connectivity index (χ2v) is 13.7. The zero-order valence-electron chi connectivity index (χ0n) is 18.7. The molecule has 0 saturated heterocycles. The number of benzene rings is 2. The molecule has 0 N–H and O–H groups in total. The Bertz CT molecular complexity index is 710. The molecule has 0 aromatic heterocycles. The Kier molecular flexibility index (Phi) is 9.20. The Balaban J connectivity index is 2.21. The Morgan fingerprint density at radius 1 is 0.966 bits per heavy atom. The molecule has 1 nitrogen and oxygen atoms in total. The summed E-state index contributed by atoms with van der Waals surface area (Å²) in [5, 5.41) is 2.75. The van der Waals surface area contributed by atoms with Gasteiger partial charge in [-0.3, -0.25) is 0 Å². The third kappa shape index (κ3) is 6.31. The van der Waals surface area contributed by atoms with Gasteiger partial charge >= 0.3 is 0 Å². The maximum absolute atomic E-state index is 6.99. The molecule has 0 fully saturated rings. The average Bonchev–Trinajstić information content (AvgIpc) is 2.71. The molecule has 0 aliphatic rings. The summed E-state index contributed by atoms with van der Waals surface area (Å²) < 4.78 is 6.99. The fourth-order valence-corrected chi connectivity index (χ4v) is 8.68. The van der Waals surface area contributed by atoms with E-state index in [9.17, 15) is 0 Å². The van der Waals surface area contributed by atoms with Gasteiger partial charge in [-0.2, -0.15) is 0 Å². The van der Waals surface area contributed by atoms with Gasteiger partial charge in [0.05, 0.1) is 0 Å². The van der Waals surface area contributed by atoms with Crippen LogP contribution in [0.3, 0.4) is 0 Å². The van der Waals surface area contributed by atoms with E-state index in [1.807, 2.05) is 0 Å². The second-order valence-electron chi connectivity index (χ2n) is 9.17. The number of halogens is 1. The van der Waals surface area contributed by atoms with Crippen molar-refractivity contribution in [1.29, 1.82) is 0 Å². The van der Waals surface area contributed by atoms with E-state index in [-0.39, 0.29) is 5.04 Å². The van der Waals surface area contributed by atoms with Gasteiger partial charge in [0.2, 0.25) is 0 Å². The van der Waals surface area contributed by atoms with E-state index >= 15 is 0 Å². The molecular weight excluding hydrogens is 392 g/mol. The smallest absolute Gasteiger partial charge is 0.261 e. The third-order valence-electron chi connectivity index (χ3n) is 5.71. The van der Waals surface area contributed by atoms with Crippen LogP contribution in [-0.2, 0) is 4.43 Å². The number of rotatable bonds is 10. The molecule has 0 heterocycles. The topological polar surface area (TPSA) is 9.23 Å². The van der Waals surface area contributed by atoms with Crippen LogP contribution in [0.4, 0.5) is 0 Å². The molecule has 2 rings (SSSR count). The Morgan fingerprint density at radius 3 is 1.93 bits per heavy atom. The minimum Gasteiger partial charge on any atom is -0.407 e. The predicted octanol–water partition coefficient (Wildman–Crippen LogP) is 6.55. The van der Waals surface area contributed by atoms with Gasteiger partial charge < -0.3 is 4.43 Å². The van der Waals surface area contributed by atoms with Crippen LogP contribution in [0.15, 0.2) is 72.3 Å². The fourth-order valence-electron chi connectivity index (χ4n) is 3.99. The van der Waals surface area contributed by atoms with Crippen LogP contribution in [-0.4, -0.2) is 20.8 Å². The lowest BCUT2D eigenvalue weighted by molar-refractivity contribution is 0.264. The van der Waals surface area contributed by atoms with Crippen molar-refractivity contribution < 1.29 is 4.43 Å². The first kappa shape index (κ1) is 23.9. The summed E-state index contributed by atoms with van der Waals surface area (Å²) in [5.41, 5.74) is 1.27. The van der Waals surface area contributed by atoms with Crippen molar-refractivity contribution in [2.75, 3.05) is 12.5 Å². The van der Waals surface area contributed by atoms with Gasteiger partial charge in [0.15, 0.2) is 0 Å². The third-order valence-corrected chi connectivity index (χ3v) is 11.2. The maximum Gasteiger partial charge on any atom is 0.261 e. The van der Waals surface area contributed by atoms with Gasteiger partial charge in [-0.05, 0) is 47.5 Å². The Labute approximate surface area is 184 Å². The lowest BCUT2D eigenvalue weighted by Crippen LogP contribution is -2.66. The van der Waals surface area contributed by atoms with Crippen molar-refractivity contribution in [1.82, 2.24) is 0 Å². The lowest BCUT2D eigenvalue weighted by Gasteiger charge is -2.43. The van der Waals surface area contributed by atoms with E-state index in [1.54, 1.807) is 0 Å². The Hall–Kier alpha value is -1.35. The zero-order valence-corrected chi connectivity index (χ0v) is 20.5. The number of allylic oxidation sites excluding steroid dienone is 2. The van der Waals surface area contributed by atoms with Crippen molar-refractivity contribution in [3.8, 4) is 0 Å². The summed E-state index contributed by atoms with van der Waals surface area (Å²) in [7, 11) is -2.40. The van der Waals surface area contributed by atoms with Crippen molar-refractivity contribution in [3.05, 3.63) is 72.3 Å². The van der Waals surface area contributed by atoms with Crippen LogP contribution in [0.1, 0.15) is 53.9 Å². The van der Waals surface area contributed by atoms with Crippen LogP contribution in [0.25, 0.3) is 0 Å². The standard InChI is InChI=1S/C26H37ClOSi/c1-22(13-12-14-23(2)21-27)19-20-28-29(26(3,4)5,24-15-8-6-9-16-24)25-17-10-7-11-18-25/h6-11,14-18,22H,12-13,19-21H2,1-5H3/b23-14-. The van der Waals surface area contributed by atoms with Crippen molar-refractivity contribution in [3.63, 3.8) is 0 Å². The molecule has 1 unspecified atom stereocenters. The highest BCUT2D eigenvalue weighted by atomic mass is 35.5. The molecule has 0 bridgehead atoms. The molecule has 29 heavy (non-hydrogen) atoms. The SMILES string of the molecule is C/C(=C/CCC(C)CCO[Si](c1ccccc1)(c1ccccc1)C(C)(C)C)CCl. The summed E-state index contributed by atoms with van der Waals surface area (Å²) in [6, 6.07) is 21.8. The van der Waals surface area contributed by atoms with Crippen LogP contribution in [0.2, 0.25) is 5.04 Å². The highest BCUT2D eigenvalue weighted by Gasteiger charge is 2.49. The molecule has 3 heteroatoms. The molecule has 0 amide bonds. The molecule has 0 aliphatic heterocycles. The normalized spacial score (nSPS) is 14.1. The molecule has 2 aromatic rings. The van der Waals surface area contributed by atoms with Crippen LogP contribution >= 0.6 is 11.6 Å². The average molecular weight is 429 g/mol. The first-order valence-corrected chi connectivity index (χ1v) is 13.2. The van der Waals surface area contributed by atoms with E-state index in [0.717, 1.165) is 19.4 Å². The minimum absolute atomic E-state index is 0.0408. The fraction of sp³-hybridized carbons (Fsp3) is 0.462. The van der Waals surface area contributed by atoms with Crippen molar-refractivity contribution in [2.24, 2.45) is 5.92 Å². The number of hydrogen-bond donors (Lipinski definition) is 0. The molecule has 0 radical (unpaired) electrons. The largest absolute Gasteiger partial charge is 0.407 e. The quantitative estimate of drug-likeness (QED) is 0.236. The summed E-state index contributed by atoms with van der Waals surface area (Å²) in [4.78, 5) is 0. The second kappa shape index (κ2) is 11.2. The van der Waals surface area contributed by atoms with Gasteiger partial charge in [0.1, 0.15) is 0 Å². The number of hydrogen-bond acceptors (Lipinski definition) is 1. The van der Waals surface area contributed by atoms with Gasteiger partial charge in [-0.15, -0.1) is 11.6 Å². The summed E-state index contributed by atoms with van der Waals surface area (Å²) in [6.45, 7) is 12.2. The van der Waals surface area contributed by atoms with Crippen LogP contribution < -0.4 is 10.4 Å². The highest BCUT2D eigenvalue weighted by molar-refractivity contribution is 6.99. The monoisotopic (exact) mass is 428 g/mol. The van der Waals surface area contributed by atoms with Gasteiger partial charge in [-0.25, -0.2) is 0 Å². The molecular formula is C26H37ClOSi. The molecule has 1 atom stereocenters. The minimum atomic E-state index is -2.40. The molecule has 2 aromatic carbocycles. The van der Waals surface area contributed by atoms with Crippen molar-refractivity contribution in [2.45, 2.75) is 58.9 Å². The van der Waals surface area contributed by atoms with E-state index in [1.165, 1.54) is 22.4 Å². The van der Waals surface area contributed by atoms with Crippen LogP contribution in [0.5, 0.6) is 0 Å². The highest BCUT2D eigenvalue weighted by Crippen LogP contribution is 2.37. The molecule has 0 aliphatic carbocycles. The van der Waals surface area contributed by atoms with Gasteiger partial charge in [0.25, 0.3) is 8.32 Å². The predicted molar refractivity (Wildman–Crippen MR) is 131 cm³/mol. The first-order valence-electron chi connectivity index (χ1n) is 10.8. The molecule has 0 spiro atoms. The summed E-state index contributed by atoms with van der Waals surface area (Å²) in [6.07, 6.45) is 5.63. The first-order chi connectivity index (χ1) is 13.8. The van der Waals surface area contributed by atoms with Gasteiger partial charge in [-0.1, -0.05) is 100 Å². The van der Waals surface area contributed by atoms with E-state index in [2.05, 4.69) is 101 Å². The van der Waals surface area contributed by atoms with Crippen molar-refractivity contribution >= 4 is 30.3 Å². The van der Waals surface area contributed by atoms with Crippen LogP contribution in [0, 0.1) is 5.92 Å². The summed E-state index contributed by atoms with van der Waals surface area (Å²) in [5.74, 6) is 1.26. The maximum atomic E-state index is 6.99. The molecule has 0 saturated carbocycles. The van der Waals surface area contributed by atoms with Gasteiger partial charge in [0, 0.05) is 12.5 Å². The molecule has 158 valence electrons. The van der Waals surface area contributed by atoms with E-state index < -0.39 is 8.32 Å². The van der Waals surface area contributed by atoms with E-state index in [4.69, 9.17) is 16.0 Å². The van der Waals surface area contributed by atoms with E-state index in [0.29, 0.717) is 11.8 Å². The summed E-state index contributed by atoms with van der Waals surface area (Å²) >= 11 is 5.88.